The van der Waals surface area contributed by atoms with E-state index < -0.39 is 0 Å². The molecule has 0 aliphatic rings. The maximum Gasteiger partial charge on any atom is 0.322 e. The van der Waals surface area contributed by atoms with Crippen molar-refractivity contribution in [3.63, 3.8) is 0 Å². The Balaban J connectivity index is 2.28. The number of pyridine rings is 1. The lowest BCUT2D eigenvalue weighted by molar-refractivity contribution is 0.435. The van der Waals surface area contributed by atoms with E-state index in [1.54, 1.807) is 24.4 Å². The van der Waals surface area contributed by atoms with Crippen LogP contribution in [0, 0.1) is 12.3 Å². The minimum atomic E-state index is -0.125. The maximum absolute atomic E-state index is 7.27. The molecule has 6 nitrogen and oxygen atoms in total. The number of nitrogens with two attached hydrogens (primary N) is 1. The zero-order valence-electron chi connectivity index (χ0n) is 9.21. The van der Waals surface area contributed by atoms with Crippen molar-refractivity contribution in [1.29, 1.82) is 5.41 Å². The van der Waals surface area contributed by atoms with Gasteiger partial charge in [0.2, 0.25) is 0 Å². The zero-order valence-corrected chi connectivity index (χ0v) is 9.21. The lowest BCUT2D eigenvalue weighted by Crippen LogP contribution is -2.13. The molecule has 0 saturated heterocycles. The van der Waals surface area contributed by atoms with Crippen LogP contribution in [0.3, 0.4) is 0 Å². The molecule has 0 saturated carbocycles. The summed E-state index contributed by atoms with van der Waals surface area (Å²) in [6.45, 7) is 1.82. The van der Waals surface area contributed by atoms with E-state index in [0.717, 1.165) is 5.69 Å². The highest BCUT2D eigenvalue weighted by atomic mass is 16.5. The van der Waals surface area contributed by atoms with E-state index in [4.69, 9.17) is 15.9 Å². The molecule has 0 aromatic carbocycles. The van der Waals surface area contributed by atoms with Gasteiger partial charge in [-0.2, -0.15) is 4.98 Å². The first-order valence-electron chi connectivity index (χ1n) is 4.94. The van der Waals surface area contributed by atoms with Crippen LogP contribution in [0.2, 0.25) is 0 Å². The number of nitrogens with zero attached hydrogens (tertiary/aromatic N) is 3. The first-order valence-corrected chi connectivity index (χ1v) is 4.94. The van der Waals surface area contributed by atoms with Gasteiger partial charge in [0.15, 0.2) is 5.75 Å². The van der Waals surface area contributed by atoms with Crippen molar-refractivity contribution < 1.29 is 4.74 Å². The fraction of sp³-hybridized carbons (Fsp3) is 0.0909. The number of amidine groups is 1. The van der Waals surface area contributed by atoms with E-state index in [9.17, 15) is 0 Å². The Morgan fingerprint density at radius 1 is 1.29 bits per heavy atom. The Morgan fingerprint density at radius 3 is 2.82 bits per heavy atom. The van der Waals surface area contributed by atoms with Crippen molar-refractivity contribution >= 4 is 5.84 Å². The van der Waals surface area contributed by atoms with Gasteiger partial charge in [-0.1, -0.05) is 0 Å². The van der Waals surface area contributed by atoms with Crippen molar-refractivity contribution in [3.8, 4) is 11.8 Å². The highest BCUT2D eigenvalue weighted by Crippen LogP contribution is 2.19. The van der Waals surface area contributed by atoms with Gasteiger partial charge in [0.25, 0.3) is 0 Å². The van der Waals surface area contributed by atoms with Crippen LogP contribution in [-0.4, -0.2) is 20.8 Å². The number of rotatable bonds is 3. The third kappa shape index (κ3) is 2.54. The lowest BCUT2D eigenvalue weighted by Gasteiger charge is -2.06. The summed E-state index contributed by atoms with van der Waals surface area (Å²) in [6, 6.07) is 5.22. The Morgan fingerprint density at radius 2 is 2.12 bits per heavy atom. The molecular weight excluding hydrogens is 218 g/mol. The van der Waals surface area contributed by atoms with Gasteiger partial charge in [0, 0.05) is 12.4 Å². The predicted octanol–water partition coefficient (Wildman–Crippen LogP) is 1.26. The van der Waals surface area contributed by atoms with Crippen LogP contribution in [-0.2, 0) is 0 Å². The summed E-state index contributed by atoms with van der Waals surface area (Å²) in [5.74, 6) is 0.452. The van der Waals surface area contributed by atoms with Gasteiger partial charge < -0.3 is 10.5 Å². The van der Waals surface area contributed by atoms with Gasteiger partial charge in [-0.25, -0.2) is 4.98 Å². The fourth-order valence-corrected chi connectivity index (χ4v) is 1.22. The zero-order chi connectivity index (χ0) is 12.3. The molecule has 0 aliphatic carbocycles. The number of aromatic nitrogens is 3. The molecule has 6 heteroatoms. The van der Waals surface area contributed by atoms with Gasteiger partial charge in [-0.15, -0.1) is 0 Å². The van der Waals surface area contributed by atoms with Crippen LogP contribution < -0.4 is 10.5 Å². The number of hydrogen-bond donors (Lipinski definition) is 2. The third-order valence-corrected chi connectivity index (χ3v) is 2.07. The SMILES string of the molecule is Cc1ncccc1Oc1nccc(C(=N)N)n1. The summed E-state index contributed by atoms with van der Waals surface area (Å²) < 4.78 is 5.46. The quantitative estimate of drug-likeness (QED) is 0.609. The summed E-state index contributed by atoms with van der Waals surface area (Å²) in [4.78, 5) is 12.0. The molecule has 2 heterocycles. The fourth-order valence-electron chi connectivity index (χ4n) is 1.22. The Hall–Kier alpha value is -2.50. The van der Waals surface area contributed by atoms with E-state index in [1.807, 2.05) is 6.92 Å². The van der Waals surface area contributed by atoms with Crippen molar-refractivity contribution in [1.82, 2.24) is 15.0 Å². The van der Waals surface area contributed by atoms with Gasteiger partial charge in [-0.3, -0.25) is 10.4 Å². The normalized spacial score (nSPS) is 9.94. The molecule has 0 radical (unpaired) electrons. The molecule has 86 valence electrons. The summed E-state index contributed by atoms with van der Waals surface area (Å²) in [5, 5.41) is 7.27. The monoisotopic (exact) mass is 229 g/mol. The average Bonchev–Trinajstić information content (AvgIpc) is 2.32. The Labute approximate surface area is 98.0 Å². The largest absolute Gasteiger partial charge is 0.422 e. The van der Waals surface area contributed by atoms with Crippen LogP contribution in [0.25, 0.3) is 0 Å². The van der Waals surface area contributed by atoms with E-state index in [1.165, 1.54) is 6.20 Å². The molecule has 0 amide bonds. The van der Waals surface area contributed by atoms with Crippen LogP contribution in [0.5, 0.6) is 11.8 Å². The molecule has 0 spiro atoms. The summed E-state index contributed by atoms with van der Waals surface area (Å²) in [7, 11) is 0. The average molecular weight is 229 g/mol. The summed E-state index contributed by atoms with van der Waals surface area (Å²) in [6.07, 6.45) is 3.17. The van der Waals surface area contributed by atoms with E-state index in [2.05, 4.69) is 15.0 Å². The van der Waals surface area contributed by atoms with Crippen LogP contribution in [0.4, 0.5) is 0 Å². The van der Waals surface area contributed by atoms with Crippen LogP contribution in [0.1, 0.15) is 11.4 Å². The predicted molar refractivity (Wildman–Crippen MR) is 62.1 cm³/mol. The number of nitrogen functional groups attached to an aromatic ring is 1. The number of nitrogens with one attached hydrogen (secondary N) is 1. The topological polar surface area (TPSA) is 97.8 Å². The van der Waals surface area contributed by atoms with Gasteiger partial charge in [-0.05, 0) is 25.1 Å². The molecule has 0 bridgehead atoms. The number of aryl methyl sites for hydroxylation is 1. The molecule has 0 unspecified atom stereocenters. The lowest BCUT2D eigenvalue weighted by atomic mass is 10.3. The van der Waals surface area contributed by atoms with E-state index in [0.29, 0.717) is 11.4 Å². The van der Waals surface area contributed by atoms with Crippen molar-refractivity contribution in [3.05, 3.63) is 42.0 Å². The summed E-state index contributed by atoms with van der Waals surface area (Å²) >= 11 is 0. The highest BCUT2D eigenvalue weighted by Gasteiger charge is 2.06. The van der Waals surface area contributed by atoms with Crippen molar-refractivity contribution in [2.75, 3.05) is 0 Å². The maximum atomic E-state index is 7.27. The van der Waals surface area contributed by atoms with Gasteiger partial charge in [0.1, 0.15) is 11.5 Å². The molecule has 17 heavy (non-hydrogen) atoms. The van der Waals surface area contributed by atoms with Crippen LogP contribution >= 0.6 is 0 Å². The molecule has 3 N–H and O–H groups in total. The molecule has 0 atom stereocenters. The van der Waals surface area contributed by atoms with Gasteiger partial charge >= 0.3 is 6.01 Å². The molecular formula is C11H11N5O. The minimum absolute atomic E-state index is 0.125. The first kappa shape index (κ1) is 11.0. The van der Waals surface area contributed by atoms with E-state index in [-0.39, 0.29) is 11.8 Å². The molecule has 0 aliphatic heterocycles. The number of ether oxygens (including phenoxy) is 1. The smallest absolute Gasteiger partial charge is 0.322 e. The van der Waals surface area contributed by atoms with Crippen molar-refractivity contribution in [2.45, 2.75) is 6.92 Å². The second-order valence-electron chi connectivity index (χ2n) is 3.33. The molecule has 2 aromatic heterocycles. The Bertz CT molecular complexity index is 555. The van der Waals surface area contributed by atoms with Gasteiger partial charge in [0.05, 0.1) is 5.69 Å². The molecule has 2 aromatic rings. The highest BCUT2D eigenvalue weighted by molar-refractivity contribution is 5.92. The molecule has 2 rings (SSSR count). The van der Waals surface area contributed by atoms with Crippen molar-refractivity contribution in [2.24, 2.45) is 5.73 Å². The standard InChI is InChI=1S/C11H11N5O/c1-7-9(3-2-5-14-7)17-11-15-6-4-8(16-11)10(12)13/h2-6H,1H3,(H3,12,13). The second-order valence-corrected chi connectivity index (χ2v) is 3.33. The number of hydrogen-bond acceptors (Lipinski definition) is 5. The first-order chi connectivity index (χ1) is 8.16. The second kappa shape index (κ2) is 4.56. The summed E-state index contributed by atoms with van der Waals surface area (Å²) in [5.41, 5.74) is 6.40. The van der Waals surface area contributed by atoms with E-state index >= 15 is 0 Å². The minimum Gasteiger partial charge on any atom is -0.422 e. The third-order valence-electron chi connectivity index (χ3n) is 2.07. The van der Waals surface area contributed by atoms with Crippen LogP contribution in [0.15, 0.2) is 30.6 Å². The molecule has 0 fully saturated rings. The Kier molecular flexibility index (Phi) is 2.95.